The molecule has 0 bridgehead atoms. The molecule has 17 heavy (non-hydrogen) atoms. The van der Waals surface area contributed by atoms with E-state index in [0.29, 0.717) is 23.7 Å². The van der Waals surface area contributed by atoms with Crippen molar-refractivity contribution in [1.29, 1.82) is 0 Å². The Balaban J connectivity index is 2.39. The van der Waals surface area contributed by atoms with E-state index in [-0.39, 0.29) is 0 Å². The second-order valence-electron chi connectivity index (χ2n) is 4.54. The fourth-order valence-corrected chi connectivity index (χ4v) is 2.43. The van der Waals surface area contributed by atoms with Crippen LogP contribution in [0.2, 0.25) is 0 Å². The van der Waals surface area contributed by atoms with E-state index in [2.05, 4.69) is 13.8 Å². The smallest absolute Gasteiger partial charge is 0.159 e. The summed E-state index contributed by atoms with van der Waals surface area (Å²) in [4.78, 5) is 0. The molecule has 1 aromatic rings. The average molecular weight is 260 g/mol. The first-order valence-electron chi connectivity index (χ1n) is 5.68. The zero-order chi connectivity index (χ0) is 12.8. The van der Waals surface area contributed by atoms with Crippen LogP contribution >= 0.6 is 11.8 Å². The molecule has 0 amide bonds. The fraction of sp³-hybridized carbons (Fsp3) is 0.538. The highest BCUT2D eigenvalue weighted by molar-refractivity contribution is 7.99. The van der Waals surface area contributed by atoms with E-state index in [4.69, 9.17) is 0 Å². The van der Waals surface area contributed by atoms with Crippen LogP contribution in [0.1, 0.15) is 19.4 Å². The van der Waals surface area contributed by atoms with Gasteiger partial charge in [0.25, 0.3) is 0 Å². The quantitative estimate of drug-likeness (QED) is 0.847. The van der Waals surface area contributed by atoms with Crippen LogP contribution in [-0.2, 0) is 6.42 Å². The summed E-state index contributed by atoms with van der Waals surface area (Å²) >= 11 is 1.68. The number of hydrogen-bond donors (Lipinski definition) is 1. The molecule has 0 aliphatic rings. The Labute approximate surface area is 105 Å². The fourth-order valence-electron chi connectivity index (χ4n) is 1.44. The largest absolute Gasteiger partial charge is 0.392 e. The second-order valence-corrected chi connectivity index (χ2v) is 5.61. The molecule has 0 aliphatic heterocycles. The molecule has 4 heteroatoms. The van der Waals surface area contributed by atoms with Crippen molar-refractivity contribution in [1.82, 2.24) is 0 Å². The lowest BCUT2D eigenvalue weighted by atomic mass is 10.1. The van der Waals surface area contributed by atoms with Crippen LogP contribution in [0.5, 0.6) is 0 Å². The maximum absolute atomic E-state index is 12.9. The molecule has 1 nitrogen and oxygen atoms in total. The number of aliphatic hydroxyl groups excluding tert-OH is 1. The van der Waals surface area contributed by atoms with Gasteiger partial charge in [-0.05, 0) is 35.8 Å². The van der Waals surface area contributed by atoms with Crippen LogP contribution in [0.4, 0.5) is 8.78 Å². The highest BCUT2D eigenvalue weighted by Gasteiger charge is 2.09. The number of benzene rings is 1. The van der Waals surface area contributed by atoms with E-state index in [1.54, 1.807) is 11.8 Å². The van der Waals surface area contributed by atoms with E-state index >= 15 is 0 Å². The van der Waals surface area contributed by atoms with Gasteiger partial charge in [0.2, 0.25) is 0 Å². The van der Waals surface area contributed by atoms with E-state index in [0.717, 1.165) is 17.9 Å². The highest BCUT2D eigenvalue weighted by atomic mass is 32.2. The summed E-state index contributed by atoms with van der Waals surface area (Å²) in [7, 11) is 0. The lowest BCUT2D eigenvalue weighted by Crippen LogP contribution is -2.14. The van der Waals surface area contributed by atoms with Crippen LogP contribution < -0.4 is 0 Å². The summed E-state index contributed by atoms with van der Waals surface area (Å²) in [5.74, 6) is 0.504. The maximum atomic E-state index is 12.9. The van der Waals surface area contributed by atoms with Crippen molar-refractivity contribution < 1.29 is 13.9 Å². The van der Waals surface area contributed by atoms with E-state index in [1.807, 2.05) is 0 Å². The molecule has 1 aromatic carbocycles. The first-order valence-corrected chi connectivity index (χ1v) is 6.84. The zero-order valence-electron chi connectivity index (χ0n) is 10.1. The average Bonchev–Trinajstić information content (AvgIpc) is 2.23. The van der Waals surface area contributed by atoms with E-state index in [9.17, 15) is 13.9 Å². The van der Waals surface area contributed by atoms with Gasteiger partial charge in [-0.2, -0.15) is 11.8 Å². The van der Waals surface area contributed by atoms with Crippen LogP contribution in [0, 0.1) is 17.6 Å². The van der Waals surface area contributed by atoms with Gasteiger partial charge < -0.3 is 5.11 Å². The Morgan fingerprint density at radius 3 is 2.47 bits per heavy atom. The first kappa shape index (κ1) is 14.5. The van der Waals surface area contributed by atoms with Gasteiger partial charge in [-0.1, -0.05) is 19.9 Å². The number of hydrogen-bond acceptors (Lipinski definition) is 2. The Kier molecular flexibility index (Phi) is 5.92. The van der Waals surface area contributed by atoms with Crippen molar-refractivity contribution in [3.8, 4) is 0 Å². The molecule has 1 atom stereocenters. The van der Waals surface area contributed by atoms with Crippen LogP contribution in [0.15, 0.2) is 18.2 Å². The molecule has 0 aliphatic carbocycles. The lowest BCUT2D eigenvalue weighted by molar-refractivity contribution is 0.200. The monoisotopic (exact) mass is 260 g/mol. The number of rotatable bonds is 6. The van der Waals surface area contributed by atoms with E-state index in [1.165, 1.54) is 6.07 Å². The third-order valence-electron chi connectivity index (χ3n) is 2.22. The Morgan fingerprint density at radius 2 is 1.88 bits per heavy atom. The number of aliphatic hydroxyl groups is 1. The van der Waals surface area contributed by atoms with Gasteiger partial charge >= 0.3 is 0 Å². The summed E-state index contributed by atoms with van der Waals surface area (Å²) in [6, 6.07) is 3.75. The van der Waals surface area contributed by atoms with Gasteiger partial charge in [0.1, 0.15) is 0 Å². The Bertz CT molecular complexity index is 355. The summed E-state index contributed by atoms with van der Waals surface area (Å²) in [6.45, 7) is 4.24. The van der Waals surface area contributed by atoms with Crippen molar-refractivity contribution in [2.45, 2.75) is 26.4 Å². The minimum atomic E-state index is -0.857. The van der Waals surface area contributed by atoms with Gasteiger partial charge in [-0.3, -0.25) is 0 Å². The van der Waals surface area contributed by atoms with Crippen molar-refractivity contribution in [2.24, 2.45) is 5.92 Å². The number of thioether (sulfide) groups is 1. The van der Waals surface area contributed by atoms with E-state index < -0.39 is 17.7 Å². The third kappa shape index (κ3) is 5.50. The van der Waals surface area contributed by atoms with Crippen LogP contribution in [0.25, 0.3) is 0 Å². The topological polar surface area (TPSA) is 20.2 Å². The maximum Gasteiger partial charge on any atom is 0.159 e. The summed E-state index contributed by atoms with van der Waals surface area (Å²) < 4.78 is 25.6. The van der Waals surface area contributed by atoms with Gasteiger partial charge in [0, 0.05) is 5.75 Å². The summed E-state index contributed by atoms with van der Waals surface area (Å²) in [5.41, 5.74) is 0.626. The third-order valence-corrected chi connectivity index (χ3v) is 3.74. The number of halogens is 2. The molecule has 0 saturated heterocycles. The molecule has 0 heterocycles. The molecule has 1 rings (SSSR count). The van der Waals surface area contributed by atoms with Crippen molar-refractivity contribution >= 4 is 11.8 Å². The van der Waals surface area contributed by atoms with Gasteiger partial charge in [-0.25, -0.2) is 8.78 Å². The van der Waals surface area contributed by atoms with Crippen LogP contribution in [0.3, 0.4) is 0 Å². The minimum Gasteiger partial charge on any atom is -0.392 e. The minimum absolute atomic E-state index is 0.363. The lowest BCUT2D eigenvalue weighted by Gasteiger charge is -2.11. The predicted molar refractivity (Wildman–Crippen MR) is 68.2 cm³/mol. The second kappa shape index (κ2) is 6.97. The molecule has 1 unspecified atom stereocenters. The summed E-state index contributed by atoms with van der Waals surface area (Å²) in [5, 5.41) is 9.74. The zero-order valence-corrected chi connectivity index (χ0v) is 10.9. The molecular formula is C13H18F2OS. The summed E-state index contributed by atoms with van der Waals surface area (Å²) in [6.07, 6.45) is -0.147. The highest BCUT2D eigenvalue weighted by Crippen LogP contribution is 2.14. The van der Waals surface area contributed by atoms with Gasteiger partial charge in [0.05, 0.1) is 6.10 Å². The van der Waals surface area contributed by atoms with Crippen LogP contribution in [-0.4, -0.2) is 22.7 Å². The van der Waals surface area contributed by atoms with Gasteiger partial charge in [-0.15, -0.1) is 0 Å². The Morgan fingerprint density at radius 1 is 1.18 bits per heavy atom. The standard InChI is InChI=1S/C13H18F2OS/c1-9(2)7-17-8-11(16)5-10-3-4-12(14)13(15)6-10/h3-4,6,9,11,16H,5,7-8H2,1-2H3. The normalized spacial score (nSPS) is 13.1. The molecule has 96 valence electrons. The first-order chi connectivity index (χ1) is 7.99. The van der Waals surface area contributed by atoms with Crippen molar-refractivity contribution in [3.05, 3.63) is 35.4 Å². The molecule has 0 aromatic heterocycles. The molecular weight excluding hydrogens is 242 g/mol. The SMILES string of the molecule is CC(C)CSCC(O)Cc1ccc(F)c(F)c1. The molecule has 1 N–H and O–H groups in total. The van der Waals surface area contributed by atoms with Crippen molar-refractivity contribution in [2.75, 3.05) is 11.5 Å². The molecule has 0 saturated carbocycles. The molecule has 0 radical (unpaired) electrons. The van der Waals surface area contributed by atoms with Crippen molar-refractivity contribution in [3.63, 3.8) is 0 Å². The molecule has 0 fully saturated rings. The molecule has 0 spiro atoms. The predicted octanol–water partition coefficient (Wildman–Crippen LogP) is 3.26. The Hall–Kier alpha value is -0.610. The van der Waals surface area contributed by atoms with Gasteiger partial charge in [0.15, 0.2) is 11.6 Å².